The Morgan fingerprint density at radius 2 is 1.93 bits per heavy atom. The highest BCUT2D eigenvalue weighted by Crippen LogP contribution is 2.21. The Morgan fingerprint density at radius 3 is 2.59 bits per heavy atom. The molecule has 0 aliphatic heterocycles. The number of ketones is 1. The number of rotatable bonds is 5. The standard InChI is InChI=1S/C19H16ClFN2O4/c1-10-6-14(12(3)23(10)18-7-11(2)27-22-18)17(24)9-26-19(25)15-8-13(20)4-5-16(15)21/h4-8H,9H2,1-3H3. The van der Waals surface area contributed by atoms with E-state index in [0.29, 0.717) is 22.8 Å². The monoisotopic (exact) mass is 390 g/mol. The third-order valence-electron chi connectivity index (χ3n) is 4.06. The number of nitrogens with zero attached hydrogens (tertiary/aromatic N) is 2. The Kier molecular flexibility index (Phi) is 5.14. The summed E-state index contributed by atoms with van der Waals surface area (Å²) in [5, 5.41) is 4.14. The molecule has 0 saturated heterocycles. The maximum absolute atomic E-state index is 13.7. The van der Waals surface area contributed by atoms with Crippen LogP contribution in [-0.4, -0.2) is 28.1 Å². The third kappa shape index (κ3) is 3.78. The molecule has 1 aromatic carbocycles. The van der Waals surface area contributed by atoms with Gasteiger partial charge in [0, 0.05) is 28.0 Å². The van der Waals surface area contributed by atoms with Crippen molar-refractivity contribution in [2.24, 2.45) is 0 Å². The van der Waals surface area contributed by atoms with Gasteiger partial charge in [0.1, 0.15) is 11.6 Å². The molecule has 2 heterocycles. The molecule has 0 atom stereocenters. The molecular weight excluding hydrogens is 375 g/mol. The lowest BCUT2D eigenvalue weighted by atomic mass is 10.1. The van der Waals surface area contributed by atoms with Gasteiger partial charge in [-0.15, -0.1) is 0 Å². The molecule has 0 unspecified atom stereocenters. The number of halogens is 2. The Morgan fingerprint density at radius 1 is 1.19 bits per heavy atom. The van der Waals surface area contributed by atoms with Gasteiger partial charge in [-0.25, -0.2) is 9.18 Å². The van der Waals surface area contributed by atoms with Crippen LogP contribution in [0.1, 0.15) is 37.9 Å². The van der Waals surface area contributed by atoms with Crippen LogP contribution in [0, 0.1) is 26.6 Å². The maximum atomic E-state index is 13.7. The lowest BCUT2D eigenvalue weighted by molar-refractivity contribution is 0.0470. The van der Waals surface area contributed by atoms with Gasteiger partial charge in [-0.1, -0.05) is 16.8 Å². The van der Waals surface area contributed by atoms with Gasteiger partial charge in [-0.2, -0.15) is 0 Å². The quantitative estimate of drug-likeness (QED) is 0.481. The Labute approximate surface area is 159 Å². The van der Waals surface area contributed by atoms with Gasteiger partial charge in [-0.3, -0.25) is 9.36 Å². The minimum absolute atomic E-state index is 0.195. The normalized spacial score (nSPS) is 10.9. The first-order valence-electron chi connectivity index (χ1n) is 8.06. The van der Waals surface area contributed by atoms with Crippen LogP contribution < -0.4 is 0 Å². The van der Waals surface area contributed by atoms with Crippen molar-refractivity contribution in [3.63, 3.8) is 0 Å². The van der Waals surface area contributed by atoms with Crippen LogP contribution in [0.3, 0.4) is 0 Å². The highest BCUT2D eigenvalue weighted by atomic mass is 35.5. The van der Waals surface area contributed by atoms with Gasteiger partial charge < -0.3 is 9.26 Å². The second-order valence-corrected chi connectivity index (χ2v) is 6.48. The molecule has 3 aromatic rings. The van der Waals surface area contributed by atoms with E-state index in [4.69, 9.17) is 20.9 Å². The molecule has 0 spiro atoms. The molecular formula is C19H16ClFN2O4. The molecule has 3 rings (SSSR count). The van der Waals surface area contributed by atoms with Crippen molar-refractivity contribution in [2.45, 2.75) is 20.8 Å². The van der Waals surface area contributed by atoms with Gasteiger partial charge in [-0.05, 0) is 45.0 Å². The van der Waals surface area contributed by atoms with E-state index in [1.165, 1.54) is 6.07 Å². The van der Waals surface area contributed by atoms with E-state index in [1.807, 2.05) is 6.92 Å². The number of aryl methyl sites for hydroxylation is 2. The fourth-order valence-electron chi connectivity index (χ4n) is 2.80. The van der Waals surface area contributed by atoms with Crippen molar-refractivity contribution in [1.29, 1.82) is 0 Å². The van der Waals surface area contributed by atoms with Crippen LogP contribution in [0.25, 0.3) is 5.82 Å². The number of ether oxygens (including phenoxy) is 1. The first-order chi connectivity index (χ1) is 12.8. The van der Waals surface area contributed by atoms with Gasteiger partial charge in [0.05, 0.1) is 5.56 Å². The van der Waals surface area contributed by atoms with Crippen LogP contribution in [0.2, 0.25) is 5.02 Å². The highest BCUT2D eigenvalue weighted by molar-refractivity contribution is 6.30. The highest BCUT2D eigenvalue weighted by Gasteiger charge is 2.21. The molecule has 0 saturated carbocycles. The van der Waals surface area contributed by atoms with E-state index >= 15 is 0 Å². The Bertz CT molecular complexity index is 1040. The number of carbonyl (C=O) groups is 2. The fraction of sp³-hybridized carbons (Fsp3) is 0.211. The molecule has 140 valence electrons. The second kappa shape index (κ2) is 7.36. The second-order valence-electron chi connectivity index (χ2n) is 6.04. The molecule has 0 N–H and O–H groups in total. The molecule has 0 amide bonds. The van der Waals surface area contributed by atoms with Crippen LogP contribution in [0.4, 0.5) is 4.39 Å². The maximum Gasteiger partial charge on any atom is 0.341 e. The summed E-state index contributed by atoms with van der Waals surface area (Å²) in [6, 6.07) is 6.96. The first kappa shape index (κ1) is 18.8. The minimum Gasteiger partial charge on any atom is -0.454 e. The van der Waals surface area contributed by atoms with E-state index in [1.54, 1.807) is 30.5 Å². The molecule has 8 heteroatoms. The van der Waals surface area contributed by atoms with E-state index in [-0.39, 0.29) is 10.6 Å². The molecule has 0 fully saturated rings. The lowest BCUT2D eigenvalue weighted by Crippen LogP contribution is -2.16. The zero-order chi connectivity index (χ0) is 19.7. The van der Waals surface area contributed by atoms with Gasteiger partial charge >= 0.3 is 5.97 Å². The molecule has 0 aliphatic rings. The van der Waals surface area contributed by atoms with Crippen LogP contribution >= 0.6 is 11.6 Å². The Hall–Kier alpha value is -2.93. The molecule has 0 bridgehead atoms. The zero-order valence-corrected chi connectivity index (χ0v) is 15.6. The predicted molar refractivity (Wildman–Crippen MR) is 96.1 cm³/mol. The summed E-state index contributed by atoms with van der Waals surface area (Å²) in [5.41, 5.74) is 1.47. The van der Waals surface area contributed by atoms with Crippen molar-refractivity contribution in [1.82, 2.24) is 9.72 Å². The van der Waals surface area contributed by atoms with Crippen molar-refractivity contribution >= 4 is 23.4 Å². The summed E-state index contributed by atoms with van der Waals surface area (Å²) in [7, 11) is 0. The number of hydrogen-bond acceptors (Lipinski definition) is 5. The summed E-state index contributed by atoms with van der Waals surface area (Å²) in [6.07, 6.45) is 0. The van der Waals surface area contributed by atoms with Crippen LogP contribution in [-0.2, 0) is 4.74 Å². The molecule has 0 radical (unpaired) electrons. The minimum atomic E-state index is -0.954. The van der Waals surface area contributed by atoms with Crippen molar-refractivity contribution in [3.05, 3.63) is 69.4 Å². The number of aromatic nitrogens is 2. The molecule has 6 nitrogen and oxygen atoms in total. The van der Waals surface area contributed by atoms with E-state index in [2.05, 4.69) is 5.16 Å². The van der Waals surface area contributed by atoms with Crippen molar-refractivity contribution in [2.75, 3.05) is 6.61 Å². The first-order valence-corrected chi connectivity index (χ1v) is 8.43. The lowest BCUT2D eigenvalue weighted by Gasteiger charge is -2.07. The van der Waals surface area contributed by atoms with Crippen molar-refractivity contribution in [3.8, 4) is 5.82 Å². The van der Waals surface area contributed by atoms with E-state index < -0.39 is 24.2 Å². The fourth-order valence-corrected chi connectivity index (χ4v) is 2.97. The van der Waals surface area contributed by atoms with E-state index in [0.717, 1.165) is 17.8 Å². The Balaban J connectivity index is 1.77. The topological polar surface area (TPSA) is 74.3 Å². The summed E-state index contributed by atoms with van der Waals surface area (Å²) in [4.78, 5) is 24.5. The number of carbonyl (C=O) groups excluding carboxylic acids is 2. The van der Waals surface area contributed by atoms with Gasteiger partial charge in [0.25, 0.3) is 0 Å². The molecule has 0 aliphatic carbocycles. The van der Waals surface area contributed by atoms with Crippen LogP contribution in [0.15, 0.2) is 34.9 Å². The number of hydrogen-bond donors (Lipinski definition) is 0. The number of Topliss-reactive ketones (excluding diaryl/α,β-unsaturated/α-hetero) is 1. The van der Waals surface area contributed by atoms with E-state index in [9.17, 15) is 14.0 Å². The SMILES string of the molecule is Cc1cc(-n2c(C)cc(C(=O)COC(=O)c3cc(Cl)ccc3F)c2C)no1. The average molecular weight is 391 g/mol. The summed E-state index contributed by atoms with van der Waals surface area (Å²) in [5.74, 6) is -0.937. The van der Waals surface area contributed by atoms with Crippen molar-refractivity contribution < 1.29 is 23.2 Å². The largest absolute Gasteiger partial charge is 0.454 e. The summed E-state index contributed by atoms with van der Waals surface area (Å²) < 4.78 is 25.5. The number of esters is 1. The molecule has 27 heavy (non-hydrogen) atoms. The summed E-state index contributed by atoms with van der Waals surface area (Å²) >= 11 is 5.76. The summed E-state index contributed by atoms with van der Waals surface area (Å²) in [6.45, 7) is 4.82. The average Bonchev–Trinajstić information content (AvgIpc) is 3.17. The third-order valence-corrected chi connectivity index (χ3v) is 4.29. The zero-order valence-electron chi connectivity index (χ0n) is 14.9. The van der Waals surface area contributed by atoms with Gasteiger partial charge in [0.15, 0.2) is 12.4 Å². The number of benzene rings is 1. The van der Waals surface area contributed by atoms with Crippen LogP contribution in [0.5, 0.6) is 0 Å². The van der Waals surface area contributed by atoms with Gasteiger partial charge in [0.2, 0.25) is 5.78 Å². The predicted octanol–water partition coefficient (Wildman–Crippen LogP) is 4.22. The molecule has 2 aromatic heterocycles. The smallest absolute Gasteiger partial charge is 0.341 e.